The monoisotopic (exact) mass is 372 g/mol. The second kappa shape index (κ2) is 7.68. The van der Waals surface area contributed by atoms with Gasteiger partial charge in [0.15, 0.2) is 0 Å². The van der Waals surface area contributed by atoms with Crippen LogP contribution in [0.2, 0.25) is 0 Å². The molecule has 1 fully saturated rings. The molecule has 1 aliphatic heterocycles. The standard InChI is InChI=1S/C20H28N4O3/c1-14(15-8-6-5-7-9-15)24-12-17(21-22-24)16-10-11-23(13-18(16)25)19(26)27-20(2,3)4/h5-9,12,14,16,18,25H,10-11,13H2,1-4H3/t14?,16-,18+/m0/s1. The number of aliphatic hydroxyl groups excluding tert-OH is 1. The number of carbonyl (C=O) groups is 1. The molecule has 3 rings (SSSR count). The number of carbonyl (C=O) groups excluding carboxylic acids is 1. The molecule has 0 aliphatic carbocycles. The maximum atomic E-state index is 12.2. The summed E-state index contributed by atoms with van der Waals surface area (Å²) >= 11 is 0. The molecule has 1 unspecified atom stereocenters. The van der Waals surface area contributed by atoms with Crippen LogP contribution in [0.3, 0.4) is 0 Å². The van der Waals surface area contributed by atoms with E-state index in [4.69, 9.17) is 4.74 Å². The molecule has 1 amide bonds. The first-order chi connectivity index (χ1) is 12.7. The van der Waals surface area contributed by atoms with Gasteiger partial charge in [0.1, 0.15) is 5.60 Å². The van der Waals surface area contributed by atoms with Crippen LogP contribution < -0.4 is 0 Å². The quantitative estimate of drug-likeness (QED) is 0.896. The van der Waals surface area contributed by atoms with E-state index in [9.17, 15) is 9.90 Å². The zero-order chi connectivity index (χ0) is 19.6. The molecular weight excluding hydrogens is 344 g/mol. The lowest BCUT2D eigenvalue weighted by Gasteiger charge is -2.35. The number of piperidine rings is 1. The summed E-state index contributed by atoms with van der Waals surface area (Å²) in [6.07, 6.45) is 1.44. The largest absolute Gasteiger partial charge is 0.444 e. The molecule has 2 aromatic rings. The molecule has 1 saturated heterocycles. The highest BCUT2D eigenvalue weighted by atomic mass is 16.6. The average Bonchev–Trinajstić information content (AvgIpc) is 3.10. The van der Waals surface area contributed by atoms with Crippen molar-refractivity contribution in [1.82, 2.24) is 19.9 Å². The van der Waals surface area contributed by atoms with Crippen molar-refractivity contribution < 1.29 is 14.6 Å². The van der Waals surface area contributed by atoms with Crippen molar-refractivity contribution >= 4 is 6.09 Å². The third kappa shape index (κ3) is 4.66. The number of ether oxygens (including phenoxy) is 1. The normalized spacial score (nSPS) is 21.7. The van der Waals surface area contributed by atoms with Crippen molar-refractivity contribution in [3.63, 3.8) is 0 Å². The first-order valence-corrected chi connectivity index (χ1v) is 9.37. The van der Waals surface area contributed by atoms with Gasteiger partial charge in [-0.15, -0.1) is 5.10 Å². The van der Waals surface area contributed by atoms with E-state index in [1.165, 1.54) is 0 Å². The summed E-state index contributed by atoms with van der Waals surface area (Å²) in [4.78, 5) is 13.8. The second-order valence-corrected chi connectivity index (χ2v) is 8.10. The zero-order valence-corrected chi connectivity index (χ0v) is 16.4. The average molecular weight is 372 g/mol. The van der Waals surface area contributed by atoms with E-state index in [-0.39, 0.29) is 24.6 Å². The fraction of sp³-hybridized carbons (Fsp3) is 0.550. The maximum Gasteiger partial charge on any atom is 0.410 e. The van der Waals surface area contributed by atoms with E-state index in [1.54, 1.807) is 4.90 Å². The molecule has 3 atom stereocenters. The predicted octanol–water partition coefficient (Wildman–Crippen LogP) is 2.97. The molecule has 1 aromatic heterocycles. The van der Waals surface area contributed by atoms with E-state index in [2.05, 4.69) is 29.4 Å². The molecule has 1 N–H and O–H groups in total. The second-order valence-electron chi connectivity index (χ2n) is 8.10. The van der Waals surface area contributed by atoms with Gasteiger partial charge in [-0.2, -0.15) is 0 Å². The van der Waals surface area contributed by atoms with Gasteiger partial charge in [0.25, 0.3) is 0 Å². The van der Waals surface area contributed by atoms with Gasteiger partial charge in [-0.05, 0) is 39.7 Å². The van der Waals surface area contributed by atoms with Crippen molar-refractivity contribution in [2.24, 2.45) is 0 Å². The van der Waals surface area contributed by atoms with Crippen molar-refractivity contribution in [3.8, 4) is 0 Å². The SMILES string of the molecule is CC(c1ccccc1)n1cc([C@@H]2CCN(C(=O)OC(C)(C)C)C[C@H]2O)nn1. The lowest BCUT2D eigenvalue weighted by molar-refractivity contribution is -0.00191. The van der Waals surface area contributed by atoms with E-state index >= 15 is 0 Å². The van der Waals surface area contributed by atoms with Crippen molar-refractivity contribution in [3.05, 3.63) is 47.8 Å². The molecule has 2 heterocycles. The number of hydrogen-bond donors (Lipinski definition) is 1. The minimum absolute atomic E-state index is 0.0615. The molecule has 7 heteroatoms. The number of β-amino-alcohol motifs (C(OH)–C–C–N with tert-alkyl or cyclic N) is 1. The molecule has 0 saturated carbocycles. The Bertz CT molecular complexity index is 769. The predicted molar refractivity (Wildman–Crippen MR) is 101 cm³/mol. The third-order valence-corrected chi connectivity index (χ3v) is 4.82. The van der Waals surface area contributed by atoms with Gasteiger partial charge in [-0.1, -0.05) is 35.5 Å². The van der Waals surface area contributed by atoms with Crippen LogP contribution in [0.1, 0.15) is 57.3 Å². The molecule has 27 heavy (non-hydrogen) atoms. The smallest absolute Gasteiger partial charge is 0.410 e. The Balaban J connectivity index is 1.65. The zero-order valence-electron chi connectivity index (χ0n) is 16.4. The van der Waals surface area contributed by atoms with Crippen LogP contribution in [-0.4, -0.2) is 55.9 Å². The molecule has 7 nitrogen and oxygen atoms in total. The minimum atomic E-state index is -0.691. The van der Waals surface area contributed by atoms with Crippen LogP contribution >= 0.6 is 0 Å². The first kappa shape index (κ1) is 19.4. The van der Waals surface area contributed by atoms with Crippen molar-refractivity contribution in [1.29, 1.82) is 0 Å². The highest BCUT2D eigenvalue weighted by Crippen LogP contribution is 2.29. The minimum Gasteiger partial charge on any atom is -0.444 e. The number of aromatic nitrogens is 3. The topological polar surface area (TPSA) is 80.5 Å². The van der Waals surface area contributed by atoms with E-state index < -0.39 is 11.7 Å². The number of rotatable bonds is 3. The van der Waals surface area contributed by atoms with E-state index in [0.29, 0.717) is 13.0 Å². The number of nitrogens with zero attached hydrogens (tertiary/aromatic N) is 4. The fourth-order valence-electron chi connectivity index (χ4n) is 3.30. The van der Waals surface area contributed by atoms with Crippen molar-refractivity contribution in [2.45, 2.75) is 57.8 Å². The lowest BCUT2D eigenvalue weighted by Crippen LogP contribution is -2.47. The highest BCUT2D eigenvalue weighted by molar-refractivity contribution is 5.68. The number of benzene rings is 1. The van der Waals surface area contributed by atoms with Crippen LogP contribution in [0.25, 0.3) is 0 Å². The van der Waals surface area contributed by atoms with Crippen LogP contribution in [-0.2, 0) is 4.74 Å². The van der Waals surface area contributed by atoms with Gasteiger partial charge in [-0.25, -0.2) is 9.48 Å². The summed E-state index contributed by atoms with van der Waals surface area (Å²) in [5.41, 5.74) is 1.36. The molecule has 0 bridgehead atoms. The maximum absolute atomic E-state index is 12.2. The summed E-state index contributed by atoms with van der Waals surface area (Å²) in [6.45, 7) is 8.33. The van der Waals surface area contributed by atoms with Gasteiger partial charge >= 0.3 is 6.09 Å². The Morgan fingerprint density at radius 3 is 2.63 bits per heavy atom. The van der Waals surface area contributed by atoms with Gasteiger partial charge in [-0.3, -0.25) is 0 Å². The fourth-order valence-corrected chi connectivity index (χ4v) is 3.30. The molecule has 0 radical (unpaired) electrons. The summed E-state index contributed by atoms with van der Waals surface area (Å²) in [7, 11) is 0. The van der Waals surface area contributed by atoms with Gasteiger partial charge < -0.3 is 14.7 Å². The van der Waals surface area contributed by atoms with Crippen molar-refractivity contribution in [2.75, 3.05) is 13.1 Å². The van der Waals surface area contributed by atoms with E-state index in [0.717, 1.165) is 11.3 Å². The summed E-state index contributed by atoms with van der Waals surface area (Å²) < 4.78 is 7.21. The van der Waals surface area contributed by atoms with Crippen LogP contribution in [0.15, 0.2) is 36.5 Å². The first-order valence-electron chi connectivity index (χ1n) is 9.37. The number of amides is 1. The van der Waals surface area contributed by atoms with Crippen LogP contribution in [0.5, 0.6) is 0 Å². The molecule has 146 valence electrons. The molecular formula is C20H28N4O3. The number of likely N-dealkylation sites (tertiary alicyclic amines) is 1. The number of hydrogen-bond acceptors (Lipinski definition) is 5. The molecule has 1 aromatic carbocycles. The van der Waals surface area contributed by atoms with E-state index in [1.807, 2.05) is 49.8 Å². The van der Waals surface area contributed by atoms with Crippen LogP contribution in [0.4, 0.5) is 4.79 Å². The van der Waals surface area contributed by atoms with Gasteiger partial charge in [0, 0.05) is 18.7 Å². The van der Waals surface area contributed by atoms with Crippen LogP contribution in [0, 0.1) is 0 Å². The highest BCUT2D eigenvalue weighted by Gasteiger charge is 2.34. The summed E-state index contributed by atoms with van der Waals surface area (Å²) in [5, 5.41) is 19.1. The van der Waals surface area contributed by atoms with Gasteiger partial charge in [0.05, 0.1) is 24.4 Å². The summed E-state index contributed by atoms with van der Waals surface area (Å²) in [6, 6.07) is 10.2. The third-order valence-electron chi connectivity index (χ3n) is 4.82. The molecule has 0 spiro atoms. The van der Waals surface area contributed by atoms with Gasteiger partial charge in [0.2, 0.25) is 0 Å². The Morgan fingerprint density at radius 2 is 2.00 bits per heavy atom. The summed E-state index contributed by atoms with van der Waals surface area (Å²) in [5.74, 6) is -0.139. The Kier molecular flexibility index (Phi) is 5.51. The number of aliphatic hydroxyl groups is 1. The molecule has 1 aliphatic rings. The lowest BCUT2D eigenvalue weighted by atomic mass is 9.91. The Morgan fingerprint density at radius 1 is 1.30 bits per heavy atom. The Hall–Kier alpha value is -2.41. The Labute approximate surface area is 159 Å².